The number of rotatable bonds is 6. The number of aromatic nitrogens is 3. The predicted molar refractivity (Wildman–Crippen MR) is 93.4 cm³/mol. The lowest BCUT2D eigenvalue weighted by Gasteiger charge is -2.16. The molecule has 5 nitrogen and oxygen atoms in total. The van der Waals surface area contributed by atoms with Gasteiger partial charge < -0.3 is 9.64 Å². The molecule has 0 amide bonds. The highest BCUT2D eigenvalue weighted by molar-refractivity contribution is 5.91. The topological polar surface area (TPSA) is 43.2 Å². The van der Waals surface area contributed by atoms with Crippen molar-refractivity contribution in [2.75, 3.05) is 31.7 Å². The number of fused-ring (bicyclic) bond motifs is 1. The number of hydrogen-bond donors (Lipinski definition) is 0. The van der Waals surface area contributed by atoms with Gasteiger partial charge in [0.25, 0.3) is 0 Å². The number of nitrogens with zero attached hydrogens (tertiary/aromatic N) is 4. The highest BCUT2D eigenvalue weighted by Crippen LogP contribution is 2.27. The van der Waals surface area contributed by atoms with Crippen LogP contribution in [0.4, 0.5) is 5.82 Å². The van der Waals surface area contributed by atoms with Gasteiger partial charge >= 0.3 is 0 Å². The van der Waals surface area contributed by atoms with Gasteiger partial charge in [-0.1, -0.05) is 17.7 Å². The first-order chi connectivity index (χ1) is 11.2. The molecule has 0 aliphatic heterocycles. The number of benzene rings is 1. The number of likely N-dealkylation sites (N-methyl/N-ethyl adjacent to an activating group) is 1. The van der Waals surface area contributed by atoms with Crippen LogP contribution < -0.4 is 4.90 Å². The molecule has 0 bridgehead atoms. The minimum atomic E-state index is 0.691. The van der Waals surface area contributed by atoms with E-state index < -0.39 is 0 Å². The summed E-state index contributed by atoms with van der Waals surface area (Å²) in [5, 5.41) is 5.91. The van der Waals surface area contributed by atoms with Crippen molar-refractivity contribution in [1.82, 2.24) is 14.8 Å². The van der Waals surface area contributed by atoms with E-state index in [0.717, 1.165) is 35.6 Å². The maximum atomic E-state index is 5.45. The molecule has 0 atom stereocenters. The fraction of sp³-hybridized carbons (Fsp3) is 0.333. The van der Waals surface area contributed by atoms with Gasteiger partial charge in [-0.25, -0.2) is 4.68 Å². The summed E-state index contributed by atoms with van der Waals surface area (Å²) in [5.74, 6) is 0.947. The Kier molecular flexibility index (Phi) is 4.57. The van der Waals surface area contributed by atoms with Gasteiger partial charge in [-0.15, -0.1) is 5.10 Å². The molecule has 0 aliphatic rings. The van der Waals surface area contributed by atoms with Gasteiger partial charge in [-0.3, -0.25) is 4.98 Å². The number of hydrogen-bond acceptors (Lipinski definition) is 4. The Morgan fingerprint density at radius 1 is 1.17 bits per heavy atom. The summed E-state index contributed by atoms with van der Waals surface area (Å²) in [4.78, 5) is 6.39. The average Bonchev–Trinajstić information content (AvgIpc) is 2.95. The van der Waals surface area contributed by atoms with Crippen molar-refractivity contribution in [3.63, 3.8) is 0 Å². The Morgan fingerprint density at radius 3 is 2.70 bits per heavy atom. The molecule has 23 heavy (non-hydrogen) atoms. The van der Waals surface area contributed by atoms with Crippen molar-refractivity contribution in [2.45, 2.75) is 13.8 Å². The molecule has 0 N–H and O–H groups in total. The molecule has 3 aromatic rings. The highest BCUT2D eigenvalue weighted by atomic mass is 16.5. The third-order valence-electron chi connectivity index (χ3n) is 3.88. The van der Waals surface area contributed by atoms with Gasteiger partial charge in [0.2, 0.25) is 0 Å². The molecular formula is C18H22N4O. The standard InChI is InChI=1S/C18H22N4O/c1-4-23-12-11-21(3)18-16-9-10-19-13-17(16)22(20-18)15-7-5-14(2)6-8-15/h5-10,13H,4,11-12H2,1-3H3. The largest absolute Gasteiger partial charge is 0.380 e. The molecule has 0 saturated carbocycles. The van der Waals surface area contributed by atoms with Crippen molar-refractivity contribution in [3.8, 4) is 5.69 Å². The van der Waals surface area contributed by atoms with E-state index in [1.54, 1.807) is 0 Å². The quantitative estimate of drug-likeness (QED) is 0.656. The molecule has 120 valence electrons. The zero-order valence-corrected chi connectivity index (χ0v) is 13.9. The minimum Gasteiger partial charge on any atom is -0.380 e. The van der Waals surface area contributed by atoms with Crippen molar-refractivity contribution >= 4 is 16.7 Å². The summed E-state index contributed by atoms with van der Waals surface area (Å²) < 4.78 is 7.41. The molecule has 0 unspecified atom stereocenters. The van der Waals surface area contributed by atoms with Gasteiger partial charge in [0, 0.05) is 31.8 Å². The minimum absolute atomic E-state index is 0.691. The molecule has 5 heteroatoms. The number of pyridine rings is 1. The molecule has 2 heterocycles. The van der Waals surface area contributed by atoms with E-state index in [1.807, 2.05) is 37.1 Å². The summed E-state index contributed by atoms with van der Waals surface area (Å²) in [5.41, 5.74) is 3.28. The maximum absolute atomic E-state index is 5.45. The van der Waals surface area contributed by atoms with Crippen molar-refractivity contribution in [1.29, 1.82) is 0 Å². The highest BCUT2D eigenvalue weighted by Gasteiger charge is 2.15. The molecule has 0 radical (unpaired) electrons. The summed E-state index contributed by atoms with van der Waals surface area (Å²) >= 11 is 0. The third kappa shape index (κ3) is 3.19. The monoisotopic (exact) mass is 310 g/mol. The first kappa shape index (κ1) is 15.5. The molecular weight excluding hydrogens is 288 g/mol. The lowest BCUT2D eigenvalue weighted by Crippen LogP contribution is -2.23. The first-order valence-electron chi connectivity index (χ1n) is 7.89. The summed E-state index contributed by atoms with van der Waals surface area (Å²) in [6, 6.07) is 10.4. The van der Waals surface area contributed by atoms with E-state index in [4.69, 9.17) is 9.84 Å². The van der Waals surface area contributed by atoms with E-state index in [0.29, 0.717) is 6.61 Å². The predicted octanol–water partition coefficient (Wildman–Crippen LogP) is 3.20. The van der Waals surface area contributed by atoms with Gasteiger partial charge in [-0.05, 0) is 32.0 Å². The van der Waals surface area contributed by atoms with Crippen molar-refractivity contribution in [2.24, 2.45) is 0 Å². The van der Waals surface area contributed by atoms with Crippen LogP contribution >= 0.6 is 0 Å². The van der Waals surface area contributed by atoms with Crippen LogP contribution in [0.15, 0.2) is 42.7 Å². The second-order valence-corrected chi connectivity index (χ2v) is 5.58. The second kappa shape index (κ2) is 6.79. The molecule has 0 fully saturated rings. The summed E-state index contributed by atoms with van der Waals surface area (Å²) in [6.07, 6.45) is 3.67. The van der Waals surface area contributed by atoms with Gasteiger partial charge in [0.1, 0.15) is 0 Å². The third-order valence-corrected chi connectivity index (χ3v) is 3.88. The molecule has 2 aromatic heterocycles. The summed E-state index contributed by atoms with van der Waals surface area (Å²) in [6.45, 7) is 6.32. The van der Waals surface area contributed by atoms with Crippen LogP contribution in [-0.4, -0.2) is 41.6 Å². The average molecular weight is 310 g/mol. The Balaban J connectivity index is 2.01. The Morgan fingerprint density at radius 2 is 1.96 bits per heavy atom. The van der Waals surface area contributed by atoms with Crippen LogP contribution in [0.3, 0.4) is 0 Å². The zero-order chi connectivity index (χ0) is 16.2. The lowest BCUT2D eigenvalue weighted by atomic mass is 10.2. The fourth-order valence-corrected chi connectivity index (χ4v) is 2.56. The van der Waals surface area contributed by atoms with Gasteiger partial charge in [0.15, 0.2) is 5.82 Å². The number of anilines is 1. The van der Waals surface area contributed by atoms with Crippen LogP contribution in [0.2, 0.25) is 0 Å². The van der Waals surface area contributed by atoms with Crippen molar-refractivity contribution in [3.05, 3.63) is 48.3 Å². The van der Waals surface area contributed by atoms with E-state index in [2.05, 4.69) is 41.1 Å². The van der Waals surface area contributed by atoms with E-state index in [9.17, 15) is 0 Å². The van der Waals surface area contributed by atoms with Gasteiger partial charge in [-0.2, -0.15) is 0 Å². The van der Waals surface area contributed by atoms with Crippen LogP contribution in [0.1, 0.15) is 12.5 Å². The first-order valence-corrected chi connectivity index (χ1v) is 7.89. The Labute approximate surface area is 136 Å². The number of ether oxygens (including phenoxy) is 1. The fourth-order valence-electron chi connectivity index (χ4n) is 2.56. The van der Waals surface area contributed by atoms with Crippen LogP contribution in [0.25, 0.3) is 16.6 Å². The van der Waals surface area contributed by atoms with Crippen LogP contribution in [0, 0.1) is 6.92 Å². The summed E-state index contributed by atoms with van der Waals surface area (Å²) in [7, 11) is 2.04. The normalized spacial score (nSPS) is 11.1. The van der Waals surface area contributed by atoms with Crippen LogP contribution in [-0.2, 0) is 4.74 Å². The molecule has 3 rings (SSSR count). The van der Waals surface area contributed by atoms with Gasteiger partial charge in [0.05, 0.1) is 24.0 Å². The SMILES string of the molecule is CCOCCN(C)c1nn(-c2ccc(C)cc2)c2cnccc12. The Bertz CT molecular complexity index is 779. The van der Waals surface area contributed by atoms with E-state index in [-0.39, 0.29) is 0 Å². The maximum Gasteiger partial charge on any atom is 0.158 e. The zero-order valence-electron chi connectivity index (χ0n) is 13.9. The smallest absolute Gasteiger partial charge is 0.158 e. The van der Waals surface area contributed by atoms with E-state index in [1.165, 1.54) is 5.56 Å². The lowest BCUT2D eigenvalue weighted by molar-refractivity contribution is 0.154. The second-order valence-electron chi connectivity index (χ2n) is 5.58. The van der Waals surface area contributed by atoms with Crippen molar-refractivity contribution < 1.29 is 4.74 Å². The molecule has 1 aromatic carbocycles. The molecule has 0 spiro atoms. The van der Waals surface area contributed by atoms with Crippen LogP contribution in [0.5, 0.6) is 0 Å². The number of aryl methyl sites for hydroxylation is 1. The van der Waals surface area contributed by atoms with E-state index >= 15 is 0 Å². The Hall–Kier alpha value is -2.40. The molecule has 0 aliphatic carbocycles. The molecule has 0 saturated heterocycles.